The fraction of sp³-hybridized carbons (Fsp3) is 0.459. The van der Waals surface area contributed by atoms with Crippen molar-refractivity contribution in [2.75, 3.05) is 32.1 Å². The van der Waals surface area contributed by atoms with Crippen LogP contribution in [0.1, 0.15) is 79.7 Å². The first-order valence-corrected chi connectivity index (χ1v) is 16.9. The number of carbonyl (C=O) groups is 3. The van der Waals surface area contributed by atoms with Gasteiger partial charge in [-0.25, -0.2) is 9.18 Å². The third-order valence-electron chi connectivity index (χ3n) is 8.81. The third-order valence-corrected chi connectivity index (χ3v) is 8.81. The van der Waals surface area contributed by atoms with Gasteiger partial charge in [0.05, 0.1) is 5.52 Å². The quantitative estimate of drug-likeness (QED) is 0.151. The Morgan fingerprint density at radius 3 is 2.59 bits per heavy atom. The Kier molecular flexibility index (Phi) is 11.4. The molecule has 1 fully saturated rings. The maximum atomic E-state index is 15.2. The minimum atomic E-state index is -0.702. The fourth-order valence-corrected chi connectivity index (χ4v) is 6.68. The first-order valence-electron chi connectivity index (χ1n) is 16.9. The second kappa shape index (κ2) is 15.7. The Labute approximate surface area is 286 Å². The van der Waals surface area contributed by atoms with Crippen LogP contribution in [-0.4, -0.2) is 76.0 Å². The molecule has 4 aromatic rings. The van der Waals surface area contributed by atoms with E-state index in [9.17, 15) is 14.4 Å². The number of nitrogens with zero attached hydrogens (tertiary/aromatic N) is 3. The monoisotopic (exact) mass is 674 g/mol. The van der Waals surface area contributed by atoms with Crippen LogP contribution in [0.25, 0.3) is 10.9 Å². The number of nitrogens with one attached hydrogen (secondary N) is 3. The molecule has 0 bridgehead atoms. The number of halogens is 1. The molecule has 3 heterocycles. The zero-order valence-corrected chi connectivity index (χ0v) is 29.0. The largest absolute Gasteiger partial charge is 0.444 e. The molecule has 262 valence electrons. The van der Waals surface area contributed by atoms with Crippen LogP contribution in [0.3, 0.4) is 0 Å². The van der Waals surface area contributed by atoms with Crippen molar-refractivity contribution in [1.29, 1.82) is 0 Å². The van der Waals surface area contributed by atoms with E-state index in [0.29, 0.717) is 49.6 Å². The number of benzene rings is 2. The Bertz CT molecular complexity index is 1750. The number of aryl methyl sites for hydroxylation is 2. The molecule has 3 N–H and O–H groups in total. The average molecular weight is 675 g/mol. The second-order valence-corrected chi connectivity index (χ2v) is 13.7. The number of carbonyl (C=O) groups excluding carboxylic acids is 3. The summed E-state index contributed by atoms with van der Waals surface area (Å²) in [6, 6.07) is 13.5. The standard InChI is InChI=1S/C37H47FN6O5/c1-24-29-10-6-11-30(38)34(29)44(19-8-20-48-5)33(24)26-9-7-18-43(23-26)32(45)22-28(41-36(47)49-37(2,3)4)21-25-12-14-27(15-13-25)40-35(46)31-16-17-39-42-31/h6,10-17,26,28H,7-9,18-23H2,1-5H3,(H,39,42)(H,40,46)(H,41,47)/t26?,28-/m1/s1. The molecule has 1 saturated heterocycles. The second-order valence-electron chi connectivity index (χ2n) is 13.7. The molecule has 0 spiro atoms. The molecule has 11 nitrogen and oxygen atoms in total. The molecule has 2 aromatic carbocycles. The number of anilines is 1. The highest BCUT2D eigenvalue weighted by Crippen LogP contribution is 2.37. The lowest BCUT2D eigenvalue weighted by atomic mass is 9.91. The average Bonchev–Trinajstić information content (AvgIpc) is 3.69. The van der Waals surface area contributed by atoms with Gasteiger partial charge in [0.25, 0.3) is 5.91 Å². The van der Waals surface area contributed by atoms with E-state index in [0.717, 1.165) is 41.5 Å². The molecule has 0 aliphatic carbocycles. The van der Waals surface area contributed by atoms with Gasteiger partial charge in [-0.05, 0) is 88.8 Å². The van der Waals surface area contributed by atoms with Gasteiger partial charge >= 0.3 is 6.09 Å². The van der Waals surface area contributed by atoms with Crippen LogP contribution in [0.4, 0.5) is 14.9 Å². The van der Waals surface area contributed by atoms with Gasteiger partial charge in [0, 0.05) is 74.7 Å². The summed E-state index contributed by atoms with van der Waals surface area (Å²) < 4.78 is 28.1. The Hall–Kier alpha value is -4.71. The number of rotatable bonds is 12. The molecule has 2 aromatic heterocycles. The number of likely N-dealkylation sites (tertiary alicyclic amines) is 1. The zero-order chi connectivity index (χ0) is 35.1. The fourth-order valence-electron chi connectivity index (χ4n) is 6.68. The molecule has 0 radical (unpaired) electrons. The number of H-pyrrole nitrogens is 1. The summed E-state index contributed by atoms with van der Waals surface area (Å²) in [5, 5.41) is 13.1. The molecule has 0 saturated carbocycles. The minimum Gasteiger partial charge on any atom is -0.444 e. The van der Waals surface area contributed by atoms with Gasteiger partial charge in [-0.2, -0.15) is 5.10 Å². The van der Waals surface area contributed by atoms with E-state index >= 15 is 4.39 Å². The smallest absolute Gasteiger partial charge is 0.407 e. The zero-order valence-electron chi connectivity index (χ0n) is 29.0. The Balaban J connectivity index is 1.32. The number of ether oxygens (including phenoxy) is 2. The van der Waals surface area contributed by atoms with Crippen LogP contribution >= 0.6 is 0 Å². The molecule has 5 rings (SSSR count). The summed E-state index contributed by atoms with van der Waals surface area (Å²) in [7, 11) is 1.66. The summed E-state index contributed by atoms with van der Waals surface area (Å²) in [5.74, 6) is -0.595. The van der Waals surface area contributed by atoms with Crippen LogP contribution < -0.4 is 10.6 Å². The number of fused-ring (bicyclic) bond motifs is 1. The van der Waals surface area contributed by atoms with E-state index in [4.69, 9.17) is 9.47 Å². The van der Waals surface area contributed by atoms with Crippen LogP contribution in [-0.2, 0) is 27.2 Å². The van der Waals surface area contributed by atoms with E-state index in [2.05, 4.69) is 25.4 Å². The van der Waals surface area contributed by atoms with Crippen molar-refractivity contribution in [3.05, 3.63) is 83.1 Å². The maximum Gasteiger partial charge on any atom is 0.407 e. The normalized spacial score (nSPS) is 15.6. The molecule has 1 unspecified atom stereocenters. The van der Waals surface area contributed by atoms with Crippen LogP contribution in [0.5, 0.6) is 0 Å². The van der Waals surface area contributed by atoms with Crippen molar-refractivity contribution in [1.82, 2.24) is 25.0 Å². The molecule has 1 aliphatic heterocycles. The van der Waals surface area contributed by atoms with E-state index in [1.807, 2.05) is 30.0 Å². The molecular formula is C37H47FN6O5. The van der Waals surface area contributed by atoms with Crippen molar-refractivity contribution in [2.24, 2.45) is 0 Å². The minimum absolute atomic E-state index is 0.0359. The lowest BCUT2D eigenvalue weighted by molar-refractivity contribution is -0.132. The number of alkyl carbamates (subject to hydrolysis) is 1. The number of para-hydroxylation sites is 1. The van der Waals surface area contributed by atoms with Gasteiger partial charge in [0.1, 0.15) is 17.1 Å². The molecule has 2 atom stereocenters. The van der Waals surface area contributed by atoms with Crippen LogP contribution in [0, 0.1) is 12.7 Å². The van der Waals surface area contributed by atoms with E-state index in [1.165, 1.54) is 12.3 Å². The molecule has 3 amide bonds. The predicted molar refractivity (Wildman–Crippen MR) is 186 cm³/mol. The number of piperidine rings is 1. The highest BCUT2D eigenvalue weighted by Gasteiger charge is 2.31. The summed E-state index contributed by atoms with van der Waals surface area (Å²) in [6.45, 7) is 9.71. The van der Waals surface area contributed by atoms with Crippen LogP contribution in [0.15, 0.2) is 54.7 Å². The molecule has 49 heavy (non-hydrogen) atoms. The highest BCUT2D eigenvalue weighted by atomic mass is 19.1. The van der Waals surface area contributed by atoms with Crippen molar-refractivity contribution in [2.45, 2.75) is 83.9 Å². The van der Waals surface area contributed by atoms with Crippen LogP contribution in [0.2, 0.25) is 0 Å². The van der Waals surface area contributed by atoms with Crippen molar-refractivity contribution < 1.29 is 28.2 Å². The number of aromatic amines is 1. The van der Waals surface area contributed by atoms with Crippen molar-refractivity contribution >= 4 is 34.5 Å². The van der Waals surface area contributed by atoms with E-state index in [-0.39, 0.29) is 30.0 Å². The SMILES string of the molecule is COCCCn1c(C2CCCN(C(=O)C[C@@H](Cc3ccc(NC(=O)c4ccn[nH]4)cc3)NC(=O)OC(C)(C)C)C2)c(C)c2cccc(F)c21. The Morgan fingerprint density at radius 1 is 1.12 bits per heavy atom. The topological polar surface area (TPSA) is 131 Å². The van der Waals surface area contributed by atoms with Crippen molar-refractivity contribution in [3.63, 3.8) is 0 Å². The van der Waals surface area contributed by atoms with Gasteiger partial charge in [-0.3, -0.25) is 14.7 Å². The van der Waals surface area contributed by atoms with Gasteiger partial charge < -0.3 is 29.6 Å². The van der Waals surface area contributed by atoms with Crippen molar-refractivity contribution in [3.8, 4) is 0 Å². The molecular weight excluding hydrogens is 627 g/mol. The number of hydrogen-bond donors (Lipinski definition) is 3. The van der Waals surface area contributed by atoms with E-state index in [1.54, 1.807) is 52.1 Å². The number of hydrogen-bond acceptors (Lipinski definition) is 6. The summed E-state index contributed by atoms with van der Waals surface area (Å²) in [5.41, 5.74) is 3.83. The van der Waals surface area contributed by atoms with Gasteiger partial charge in [-0.1, -0.05) is 24.3 Å². The predicted octanol–water partition coefficient (Wildman–Crippen LogP) is 6.33. The first-order chi connectivity index (χ1) is 23.4. The molecule has 12 heteroatoms. The summed E-state index contributed by atoms with van der Waals surface area (Å²) >= 11 is 0. The third kappa shape index (κ3) is 9.05. The van der Waals surface area contributed by atoms with Gasteiger partial charge in [0.15, 0.2) is 0 Å². The summed E-state index contributed by atoms with van der Waals surface area (Å²) in [6.07, 6.45) is 3.81. The summed E-state index contributed by atoms with van der Waals surface area (Å²) in [4.78, 5) is 41.1. The first kappa shape index (κ1) is 35.6. The van der Waals surface area contributed by atoms with Gasteiger partial charge in [0.2, 0.25) is 5.91 Å². The van der Waals surface area contributed by atoms with E-state index < -0.39 is 17.7 Å². The lowest BCUT2D eigenvalue weighted by Gasteiger charge is -2.35. The molecule has 1 aliphatic rings. The van der Waals surface area contributed by atoms with Gasteiger partial charge in [-0.15, -0.1) is 0 Å². The lowest BCUT2D eigenvalue weighted by Crippen LogP contribution is -2.46. The highest BCUT2D eigenvalue weighted by molar-refractivity contribution is 6.02. The maximum absolute atomic E-state index is 15.2. The number of methoxy groups -OCH3 is 1. The number of amides is 3. The number of aromatic nitrogens is 3. The Morgan fingerprint density at radius 2 is 1.90 bits per heavy atom.